The van der Waals surface area contributed by atoms with Gasteiger partial charge in [-0.25, -0.2) is 0 Å². The zero-order valence-corrected chi connectivity index (χ0v) is 12.9. The van der Waals surface area contributed by atoms with Crippen LogP contribution in [0.15, 0.2) is 0 Å². The lowest BCUT2D eigenvalue weighted by Gasteiger charge is -2.06. The second-order valence-electron chi connectivity index (χ2n) is 5.58. The van der Waals surface area contributed by atoms with Crippen LogP contribution in [0.2, 0.25) is 0 Å². The van der Waals surface area contributed by atoms with Gasteiger partial charge in [-0.2, -0.15) is 0 Å². The van der Waals surface area contributed by atoms with Crippen LogP contribution in [-0.2, 0) is 0 Å². The van der Waals surface area contributed by atoms with Gasteiger partial charge < -0.3 is 21.3 Å². The van der Waals surface area contributed by atoms with Crippen LogP contribution in [0.5, 0.6) is 0 Å². The average Bonchev–Trinajstić information content (AvgIpc) is 3.16. The Bertz CT molecular complexity index is 179. The smallest absolute Gasteiger partial charge is 0.00173 e. The molecule has 2 atom stereocenters. The van der Waals surface area contributed by atoms with Crippen molar-refractivity contribution in [2.75, 3.05) is 52.4 Å². The fourth-order valence-electron chi connectivity index (χ4n) is 2.42. The number of nitrogens with one attached hydrogen (secondary N) is 4. The van der Waals surface area contributed by atoms with Crippen molar-refractivity contribution in [1.29, 1.82) is 0 Å². The van der Waals surface area contributed by atoms with Crippen LogP contribution in [0.25, 0.3) is 0 Å². The van der Waals surface area contributed by atoms with Crippen molar-refractivity contribution in [3.63, 3.8) is 0 Å². The van der Waals surface area contributed by atoms with Crippen molar-refractivity contribution >= 4 is 0 Å². The Labute approximate surface area is 119 Å². The second-order valence-corrected chi connectivity index (χ2v) is 5.58. The highest BCUT2D eigenvalue weighted by atomic mass is 14.9. The summed E-state index contributed by atoms with van der Waals surface area (Å²) in [6, 6.07) is 0. The molecule has 0 aliphatic heterocycles. The summed E-state index contributed by atoms with van der Waals surface area (Å²) in [5.74, 6) is 1.86. The van der Waals surface area contributed by atoms with E-state index in [4.69, 9.17) is 0 Å². The van der Waals surface area contributed by atoms with Crippen molar-refractivity contribution in [1.82, 2.24) is 21.3 Å². The Morgan fingerprint density at radius 2 is 1.11 bits per heavy atom. The zero-order chi connectivity index (χ0) is 13.8. The summed E-state index contributed by atoms with van der Waals surface area (Å²) >= 11 is 0. The molecule has 19 heavy (non-hydrogen) atoms. The van der Waals surface area contributed by atoms with E-state index >= 15 is 0 Å². The minimum atomic E-state index is 0.931. The molecule has 0 spiro atoms. The van der Waals surface area contributed by atoms with E-state index in [0.29, 0.717) is 0 Å². The molecule has 0 saturated heterocycles. The minimum absolute atomic E-state index is 0.931. The van der Waals surface area contributed by atoms with Gasteiger partial charge in [0.2, 0.25) is 0 Å². The Hall–Kier alpha value is -0.160. The first-order chi connectivity index (χ1) is 9.38. The Balaban J connectivity index is 1.76. The standard InChI is InChI=1S/C15H34N4/c1-3-16-7-5-9-18-12-14-11-15(14)13-19-10-6-8-17-4-2/h14-19H,3-13H2,1-2H3/t14-,15+. The summed E-state index contributed by atoms with van der Waals surface area (Å²) in [6.07, 6.45) is 3.90. The fraction of sp³-hybridized carbons (Fsp3) is 1.00. The topological polar surface area (TPSA) is 48.1 Å². The average molecular weight is 270 g/mol. The van der Waals surface area contributed by atoms with Crippen molar-refractivity contribution < 1.29 is 0 Å². The van der Waals surface area contributed by atoms with Crippen LogP contribution < -0.4 is 21.3 Å². The maximum absolute atomic E-state index is 3.58. The number of hydrogen-bond donors (Lipinski definition) is 4. The lowest BCUT2D eigenvalue weighted by Crippen LogP contribution is -2.26. The molecular weight excluding hydrogens is 236 g/mol. The SMILES string of the molecule is CCNCCCNC[C@@H]1C[C@@H]1CNCCCNCC. The number of hydrogen-bond acceptors (Lipinski definition) is 4. The fourth-order valence-corrected chi connectivity index (χ4v) is 2.42. The lowest BCUT2D eigenvalue weighted by molar-refractivity contribution is 0.537. The first-order valence-corrected chi connectivity index (χ1v) is 8.21. The molecule has 4 nitrogen and oxygen atoms in total. The van der Waals surface area contributed by atoms with Crippen LogP contribution in [0.4, 0.5) is 0 Å². The molecule has 1 fully saturated rings. The van der Waals surface area contributed by atoms with Crippen molar-refractivity contribution in [2.45, 2.75) is 33.1 Å². The van der Waals surface area contributed by atoms with E-state index < -0.39 is 0 Å². The molecule has 1 saturated carbocycles. The van der Waals surface area contributed by atoms with E-state index in [1.807, 2.05) is 0 Å². The van der Waals surface area contributed by atoms with Gasteiger partial charge >= 0.3 is 0 Å². The monoisotopic (exact) mass is 270 g/mol. The molecule has 4 N–H and O–H groups in total. The molecule has 4 heteroatoms. The van der Waals surface area contributed by atoms with Gasteiger partial charge in [-0.05, 0) is 83.5 Å². The van der Waals surface area contributed by atoms with Gasteiger partial charge in [0.25, 0.3) is 0 Å². The highest BCUT2D eigenvalue weighted by molar-refractivity contribution is 4.89. The predicted octanol–water partition coefficient (Wildman–Crippen LogP) is 0.801. The van der Waals surface area contributed by atoms with E-state index in [9.17, 15) is 0 Å². The molecule has 0 aromatic heterocycles. The van der Waals surface area contributed by atoms with Gasteiger partial charge in [0, 0.05) is 0 Å². The summed E-state index contributed by atoms with van der Waals surface area (Å²) in [4.78, 5) is 0. The molecule has 1 aliphatic rings. The third-order valence-electron chi connectivity index (χ3n) is 3.80. The van der Waals surface area contributed by atoms with E-state index in [2.05, 4.69) is 35.1 Å². The molecule has 1 aliphatic carbocycles. The summed E-state index contributed by atoms with van der Waals surface area (Å²) < 4.78 is 0. The summed E-state index contributed by atoms with van der Waals surface area (Å²) in [7, 11) is 0. The van der Waals surface area contributed by atoms with Crippen LogP contribution in [-0.4, -0.2) is 52.4 Å². The molecule has 0 bridgehead atoms. The highest BCUT2D eigenvalue weighted by Crippen LogP contribution is 2.36. The molecule has 0 amide bonds. The first-order valence-electron chi connectivity index (χ1n) is 8.21. The van der Waals surface area contributed by atoms with Crippen LogP contribution in [0, 0.1) is 11.8 Å². The Kier molecular flexibility index (Phi) is 10.4. The van der Waals surface area contributed by atoms with Gasteiger partial charge in [0.15, 0.2) is 0 Å². The normalized spacial score (nSPS) is 21.8. The first kappa shape index (κ1) is 16.9. The Morgan fingerprint density at radius 1 is 0.684 bits per heavy atom. The number of rotatable bonds is 14. The summed E-state index contributed by atoms with van der Waals surface area (Å²) in [5.41, 5.74) is 0. The van der Waals surface area contributed by atoms with Crippen LogP contribution in [0.1, 0.15) is 33.1 Å². The zero-order valence-electron chi connectivity index (χ0n) is 12.9. The molecule has 1 rings (SSSR count). The van der Waals surface area contributed by atoms with E-state index in [-0.39, 0.29) is 0 Å². The lowest BCUT2D eigenvalue weighted by atomic mass is 10.3. The predicted molar refractivity (Wildman–Crippen MR) is 83.7 cm³/mol. The maximum Gasteiger partial charge on any atom is -0.00173 e. The molecule has 0 radical (unpaired) electrons. The van der Waals surface area contributed by atoms with Gasteiger partial charge in [0.1, 0.15) is 0 Å². The van der Waals surface area contributed by atoms with Crippen LogP contribution in [0.3, 0.4) is 0 Å². The van der Waals surface area contributed by atoms with Crippen molar-refractivity contribution in [3.8, 4) is 0 Å². The van der Waals surface area contributed by atoms with Gasteiger partial charge in [0.05, 0.1) is 0 Å². The highest BCUT2D eigenvalue weighted by Gasteiger charge is 2.35. The van der Waals surface area contributed by atoms with E-state index in [0.717, 1.165) is 51.1 Å². The molecule has 0 aromatic rings. The van der Waals surface area contributed by atoms with Crippen molar-refractivity contribution in [3.05, 3.63) is 0 Å². The van der Waals surface area contributed by atoms with Gasteiger partial charge in [-0.1, -0.05) is 13.8 Å². The third kappa shape index (κ3) is 9.38. The maximum atomic E-state index is 3.58. The quantitative estimate of drug-likeness (QED) is 0.353. The van der Waals surface area contributed by atoms with Gasteiger partial charge in [-0.15, -0.1) is 0 Å². The summed E-state index contributed by atoms with van der Waals surface area (Å²) in [5, 5.41) is 13.9. The summed E-state index contributed by atoms with van der Waals surface area (Å²) in [6.45, 7) is 13.5. The van der Waals surface area contributed by atoms with E-state index in [1.165, 1.54) is 32.4 Å². The molecule has 0 unspecified atom stereocenters. The van der Waals surface area contributed by atoms with Gasteiger partial charge in [-0.3, -0.25) is 0 Å². The Morgan fingerprint density at radius 3 is 1.53 bits per heavy atom. The molecule has 0 aromatic carbocycles. The van der Waals surface area contributed by atoms with Crippen LogP contribution >= 0.6 is 0 Å². The van der Waals surface area contributed by atoms with Crippen molar-refractivity contribution in [2.24, 2.45) is 11.8 Å². The second kappa shape index (κ2) is 11.6. The largest absolute Gasteiger partial charge is 0.317 e. The third-order valence-corrected chi connectivity index (χ3v) is 3.80. The molecule has 114 valence electrons. The minimum Gasteiger partial charge on any atom is -0.317 e. The van der Waals surface area contributed by atoms with E-state index in [1.54, 1.807) is 0 Å². The molecule has 0 heterocycles. The molecular formula is C15H34N4.